The van der Waals surface area contributed by atoms with Gasteiger partial charge in [-0.1, -0.05) is 17.7 Å². The van der Waals surface area contributed by atoms with Crippen LogP contribution in [-0.4, -0.2) is 30.0 Å². The Labute approximate surface area is 110 Å². The second-order valence-electron chi connectivity index (χ2n) is 5.78. The lowest BCUT2D eigenvalue weighted by atomic mass is 10.1. The maximum absolute atomic E-state index is 9.83. The molecule has 1 atom stereocenters. The van der Waals surface area contributed by atoms with Crippen molar-refractivity contribution >= 4 is 5.69 Å². The summed E-state index contributed by atoms with van der Waals surface area (Å²) in [4.78, 5) is 0. The lowest BCUT2D eigenvalue weighted by molar-refractivity contribution is -0.0449. The van der Waals surface area contributed by atoms with E-state index in [1.54, 1.807) is 0 Å². The first kappa shape index (κ1) is 15.0. The number of aliphatic hydroxyl groups excluding tert-OH is 1. The van der Waals surface area contributed by atoms with Gasteiger partial charge in [0.05, 0.1) is 18.3 Å². The van der Waals surface area contributed by atoms with Gasteiger partial charge in [-0.2, -0.15) is 0 Å². The van der Waals surface area contributed by atoms with Crippen LogP contribution in [0.4, 0.5) is 5.69 Å². The van der Waals surface area contributed by atoms with Gasteiger partial charge in [0, 0.05) is 12.2 Å². The van der Waals surface area contributed by atoms with Crippen LogP contribution < -0.4 is 5.32 Å². The molecule has 0 saturated carbocycles. The molecule has 1 rings (SSSR count). The van der Waals surface area contributed by atoms with Crippen molar-refractivity contribution in [1.29, 1.82) is 0 Å². The number of hydrogen-bond acceptors (Lipinski definition) is 3. The SMILES string of the molecule is Cc1ccc(NCC(O)COC(C)(C)C)c(C)c1. The van der Waals surface area contributed by atoms with Gasteiger partial charge in [0.25, 0.3) is 0 Å². The molecule has 0 saturated heterocycles. The van der Waals surface area contributed by atoms with Gasteiger partial charge in [-0.05, 0) is 46.2 Å². The molecular formula is C15H25NO2. The van der Waals surface area contributed by atoms with Gasteiger partial charge in [-0.3, -0.25) is 0 Å². The fraction of sp³-hybridized carbons (Fsp3) is 0.600. The molecule has 1 aromatic carbocycles. The Morgan fingerprint density at radius 2 is 1.94 bits per heavy atom. The second-order valence-corrected chi connectivity index (χ2v) is 5.78. The average Bonchev–Trinajstić information content (AvgIpc) is 2.24. The zero-order valence-electron chi connectivity index (χ0n) is 12.1. The highest BCUT2D eigenvalue weighted by atomic mass is 16.5. The molecule has 0 bridgehead atoms. The van der Waals surface area contributed by atoms with Crippen LogP contribution in [0.25, 0.3) is 0 Å². The molecule has 0 aliphatic heterocycles. The largest absolute Gasteiger partial charge is 0.389 e. The summed E-state index contributed by atoms with van der Waals surface area (Å²) in [7, 11) is 0. The Morgan fingerprint density at radius 1 is 1.28 bits per heavy atom. The lowest BCUT2D eigenvalue weighted by Gasteiger charge is -2.22. The molecule has 3 nitrogen and oxygen atoms in total. The Bertz CT molecular complexity index is 383. The number of aliphatic hydroxyl groups is 1. The van der Waals surface area contributed by atoms with Crippen molar-refractivity contribution < 1.29 is 9.84 Å². The second kappa shape index (κ2) is 6.21. The third-order valence-electron chi connectivity index (χ3n) is 2.62. The van der Waals surface area contributed by atoms with Crippen LogP contribution in [0, 0.1) is 13.8 Å². The first-order chi connectivity index (χ1) is 8.28. The van der Waals surface area contributed by atoms with Gasteiger partial charge in [-0.15, -0.1) is 0 Å². The molecule has 0 amide bonds. The minimum atomic E-state index is -0.495. The van der Waals surface area contributed by atoms with Crippen molar-refractivity contribution in [3.05, 3.63) is 29.3 Å². The molecule has 18 heavy (non-hydrogen) atoms. The molecule has 0 aliphatic rings. The van der Waals surface area contributed by atoms with Crippen LogP contribution in [0.2, 0.25) is 0 Å². The van der Waals surface area contributed by atoms with E-state index in [-0.39, 0.29) is 5.60 Å². The molecular weight excluding hydrogens is 226 g/mol. The van der Waals surface area contributed by atoms with Crippen molar-refractivity contribution in [2.45, 2.75) is 46.3 Å². The Hall–Kier alpha value is -1.06. The predicted molar refractivity (Wildman–Crippen MR) is 76.1 cm³/mol. The zero-order valence-corrected chi connectivity index (χ0v) is 12.1. The minimum absolute atomic E-state index is 0.208. The average molecular weight is 251 g/mol. The molecule has 3 heteroatoms. The van der Waals surface area contributed by atoms with Crippen molar-refractivity contribution in [2.24, 2.45) is 0 Å². The minimum Gasteiger partial charge on any atom is -0.389 e. The highest BCUT2D eigenvalue weighted by Crippen LogP contribution is 2.16. The number of aryl methyl sites for hydroxylation is 2. The maximum atomic E-state index is 9.83. The van der Waals surface area contributed by atoms with E-state index in [0.717, 1.165) is 5.69 Å². The van der Waals surface area contributed by atoms with Crippen LogP contribution in [0.1, 0.15) is 31.9 Å². The maximum Gasteiger partial charge on any atom is 0.0945 e. The third-order valence-corrected chi connectivity index (χ3v) is 2.62. The van der Waals surface area contributed by atoms with Gasteiger partial charge >= 0.3 is 0 Å². The van der Waals surface area contributed by atoms with Crippen LogP contribution in [0.3, 0.4) is 0 Å². The van der Waals surface area contributed by atoms with Crippen molar-refractivity contribution in [2.75, 3.05) is 18.5 Å². The summed E-state index contributed by atoms with van der Waals surface area (Å²) < 4.78 is 5.54. The van der Waals surface area contributed by atoms with Crippen LogP contribution in [-0.2, 0) is 4.74 Å². The summed E-state index contributed by atoms with van der Waals surface area (Å²) >= 11 is 0. The molecule has 0 aliphatic carbocycles. The topological polar surface area (TPSA) is 41.5 Å². The van der Waals surface area contributed by atoms with Gasteiger partial charge in [-0.25, -0.2) is 0 Å². The monoisotopic (exact) mass is 251 g/mol. The van der Waals surface area contributed by atoms with E-state index in [1.165, 1.54) is 11.1 Å². The molecule has 0 radical (unpaired) electrons. The normalized spacial score (nSPS) is 13.4. The molecule has 0 spiro atoms. The summed E-state index contributed by atoms with van der Waals surface area (Å²) in [6, 6.07) is 6.23. The fourth-order valence-electron chi connectivity index (χ4n) is 1.64. The fourth-order valence-corrected chi connectivity index (χ4v) is 1.64. The standard InChI is InChI=1S/C15H25NO2/c1-11-6-7-14(12(2)8-11)16-9-13(17)10-18-15(3,4)5/h6-8,13,16-17H,9-10H2,1-5H3. The smallest absolute Gasteiger partial charge is 0.0945 e. The molecule has 0 heterocycles. The summed E-state index contributed by atoms with van der Waals surface area (Å²) in [6.45, 7) is 10.9. The number of nitrogens with one attached hydrogen (secondary N) is 1. The van der Waals surface area contributed by atoms with E-state index >= 15 is 0 Å². The number of hydrogen-bond donors (Lipinski definition) is 2. The first-order valence-corrected chi connectivity index (χ1v) is 6.41. The Kier molecular flexibility index (Phi) is 5.17. The van der Waals surface area contributed by atoms with E-state index < -0.39 is 6.10 Å². The van der Waals surface area contributed by atoms with Crippen molar-refractivity contribution in [3.8, 4) is 0 Å². The summed E-state index contributed by atoms with van der Waals surface area (Å²) in [6.07, 6.45) is -0.495. The molecule has 102 valence electrons. The first-order valence-electron chi connectivity index (χ1n) is 6.41. The molecule has 0 fully saturated rings. The number of anilines is 1. The highest BCUT2D eigenvalue weighted by molar-refractivity contribution is 5.51. The van der Waals surface area contributed by atoms with Gasteiger partial charge in [0.2, 0.25) is 0 Å². The van der Waals surface area contributed by atoms with E-state index in [1.807, 2.05) is 26.8 Å². The number of rotatable bonds is 5. The number of benzene rings is 1. The summed E-state index contributed by atoms with van der Waals surface area (Å²) in [5.74, 6) is 0. The van der Waals surface area contributed by atoms with E-state index in [0.29, 0.717) is 13.2 Å². The third kappa shape index (κ3) is 5.52. The van der Waals surface area contributed by atoms with Crippen LogP contribution in [0.15, 0.2) is 18.2 Å². The van der Waals surface area contributed by atoms with Gasteiger partial charge < -0.3 is 15.2 Å². The highest BCUT2D eigenvalue weighted by Gasteiger charge is 2.13. The van der Waals surface area contributed by atoms with Crippen LogP contribution in [0.5, 0.6) is 0 Å². The quantitative estimate of drug-likeness (QED) is 0.845. The van der Waals surface area contributed by atoms with E-state index in [9.17, 15) is 5.11 Å². The van der Waals surface area contributed by atoms with Gasteiger partial charge in [0.15, 0.2) is 0 Å². The Morgan fingerprint density at radius 3 is 2.50 bits per heavy atom. The summed E-state index contributed by atoms with van der Waals surface area (Å²) in [5.41, 5.74) is 3.30. The molecule has 1 aromatic rings. The lowest BCUT2D eigenvalue weighted by Crippen LogP contribution is -2.30. The Balaban J connectivity index is 2.40. The van der Waals surface area contributed by atoms with E-state index in [2.05, 4.69) is 31.3 Å². The zero-order chi connectivity index (χ0) is 13.8. The molecule has 0 aromatic heterocycles. The number of ether oxygens (including phenoxy) is 1. The van der Waals surface area contributed by atoms with E-state index in [4.69, 9.17) is 4.74 Å². The van der Waals surface area contributed by atoms with Crippen molar-refractivity contribution in [3.63, 3.8) is 0 Å². The van der Waals surface area contributed by atoms with Crippen LogP contribution >= 0.6 is 0 Å². The molecule has 1 unspecified atom stereocenters. The summed E-state index contributed by atoms with van der Waals surface area (Å²) in [5, 5.41) is 13.1. The van der Waals surface area contributed by atoms with Crippen molar-refractivity contribution in [1.82, 2.24) is 0 Å². The van der Waals surface area contributed by atoms with Gasteiger partial charge in [0.1, 0.15) is 0 Å². The predicted octanol–water partition coefficient (Wildman–Crippen LogP) is 2.89. The molecule has 2 N–H and O–H groups in total.